The van der Waals surface area contributed by atoms with E-state index in [4.69, 9.17) is 11.6 Å². The van der Waals surface area contributed by atoms with Crippen molar-refractivity contribution in [1.82, 2.24) is 5.32 Å². The van der Waals surface area contributed by atoms with Crippen LogP contribution in [0.4, 0.5) is 0 Å². The number of hydrogen-bond acceptors (Lipinski definition) is 2. The lowest BCUT2D eigenvalue weighted by molar-refractivity contribution is -0.120. The molecule has 0 saturated carbocycles. The van der Waals surface area contributed by atoms with E-state index >= 15 is 0 Å². The third-order valence-electron chi connectivity index (χ3n) is 1.74. The molecule has 1 heterocycles. The van der Waals surface area contributed by atoms with Gasteiger partial charge in [0.1, 0.15) is 0 Å². The third-order valence-corrected chi connectivity index (χ3v) is 3.57. The molecule has 1 aromatic heterocycles. The van der Waals surface area contributed by atoms with Crippen molar-refractivity contribution in [3.63, 3.8) is 0 Å². The molecule has 2 unspecified atom stereocenters. The molecule has 0 radical (unpaired) electrons. The van der Waals surface area contributed by atoms with Gasteiger partial charge < -0.3 is 5.32 Å². The first-order chi connectivity index (χ1) is 6.50. The zero-order valence-electron chi connectivity index (χ0n) is 7.88. The molecule has 0 aliphatic heterocycles. The lowest BCUT2D eigenvalue weighted by Crippen LogP contribution is -2.31. The van der Waals surface area contributed by atoms with Gasteiger partial charge in [0.05, 0.1) is 15.2 Å². The van der Waals surface area contributed by atoms with Gasteiger partial charge in [0.15, 0.2) is 0 Å². The number of nitrogens with one attached hydrogen (secondary N) is 1. The Hall–Kier alpha value is -0.0600. The van der Waals surface area contributed by atoms with E-state index in [0.29, 0.717) is 0 Å². The minimum absolute atomic E-state index is 0.0120. The molecule has 0 aliphatic carbocycles. The van der Waals surface area contributed by atoms with Crippen LogP contribution in [0.2, 0.25) is 4.34 Å². The summed E-state index contributed by atoms with van der Waals surface area (Å²) in [5.41, 5.74) is 0. The first-order valence-electron chi connectivity index (χ1n) is 4.20. The second-order valence-electron chi connectivity index (χ2n) is 2.99. The van der Waals surface area contributed by atoms with Gasteiger partial charge in [0.2, 0.25) is 5.91 Å². The Morgan fingerprint density at radius 2 is 2.21 bits per heavy atom. The SMILES string of the molecule is CC(Br)C(=O)NC(C)c1ccc(Cl)s1. The first kappa shape index (κ1) is 12.0. The monoisotopic (exact) mass is 295 g/mol. The van der Waals surface area contributed by atoms with Crippen LogP contribution in [0.25, 0.3) is 0 Å². The molecule has 14 heavy (non-hydrogen) atoms. The summed E-state index contributed by atoms with van der Waals surface area (Å²) in [4.78, 5) is 12.2. The molecule has 0 spiro atoms. The number of rotatable bonds is 3. The minimum Gasteiger partial charge on any atom is -0.348 e. The van der Waals surface area contributed by atoms with Crippen molar-refractivity contribution >= 4 is 44.8 Å². The van der Waals surface area contributed by atoms with Crippen LogP contribution in [0, 0.1) is 0 Å². The van der Waals surface area contributed by atoms with Crippen LogP contribution >= 0.6 is 38.9 Å². The van der Waals surface area contributed by atoms with E-state index in [9.17, 15) is 4.79 Å². The van der Waals surface area contributed by atoms with Gasteiger partial charge in [-0.2, -0.15) is 0 Å². The van der Waals surface area contributed by atoms with Gasteiger partial charge in [0, 0.05) is 4.88 Å². The van der Waals surface area contributed by atoms with Gasteiger partial charge in [-0.1, -0.05) is 27.5 Å². The molecule has 0 aliphatic rings. The Morgan fingerprint density at radius 3 is 2.64 bits per heavy atom. The molecule has 1 rings (SSSR count). The zero-order valence-corrected chi connectivity index (χ0v) is 11.0. The average Bonchev–Trinajstić information content (AvgIpc) is 2.51. The number of carbonyl (C=O) groups is 1. The largest absolute Gasteiger partial charge is 0.348 e. The summed E-state index contributed by atoms with van der Waals surface area (Å²) < 4.78 is 0.744. The lowest BCUT2D eigenvalue weighted by Gasteiger charge is -2.12. The van der Waals surface area contributed by atoms with E-state index in [-0.39, 0.29) is 16.8 Å². The van der Waals surface area contributed by atoms with Crippen LogP contribution < -0.4 is 5.32 Å². The fraction of sp³-hybridized carbons (Fsp3) is 0.444. The van der Waals surface area contributed by atoms with E-state index in [1.165, 1.54) is 11.3 Å². The highest BCUT2D eigenvalue weighted by molar-refractivity contribution is 9.10. The maximum absolute atomic E-state index is 11.3. The standard InChI is InChI=1S/C9H11BrClNOS/c1-5(10)9(13)12-6(2)7-3-4-8(11)14-7/h3-6H,1-2H3,(H,12,13). The minimum atomic E-state index is -0.166. The van der Waals surface area contributed by atoms with E-state index in [1.807, 2.05) is 19.1 Å². The van der Waals surface area contributed by atoms with Crippen molar-refractivity contribution in [2.45, 2.75) is 24.7 Å². The molecule has 0 fully saturated rings. The fourth-order valence-electron chi connectivity index (χ4n) is 0.960. The smallest absolute Gasteiger partial charge is 0.233 e. The van der Waals surface area contributed by atoms with Gasteiger partial charge in [-0.25, -0.2) is 0 Å². The highest BCUT2D eigenvalue weighted by Crippen LogP contribution is 2.26. The summed E-state index contributed by atoms with van der Waals surface area (Å²) in [6.45, 7) is 3.74. The number of hydrogen-bond donors (Lipinski definition) is 1. The second-order valence-corrected chi connectivity index (χ2v) is 6.11. The number of halogens is 2. The van der Waals surface area contributed by atoms with Gasteiger partial charge in [0.25, 0.3) is 0 Å². The summed E-state index contributed by atoms with van der Waals surface area (Å²) in [6.07, 6.45) is 0. The Bertz CT molecular complexity index is 326. The molecular formula is C9H11BrClNOS. The molecule has 1 N–H and O–H groups in total. The molecule has 0 saturated heterocycles. The van der Waals surface area contributed by atoms with Crippen LogP contribution in [0.3, 0.4) is 0 Å². The summed E-state index contributed by atoms with van der Waals surface area (Å²) in [5, 5.41) is 2.87. The summed E-state index contributed by atoms with van der Waals surface area (Å²) in [7, 11) is 0. The van der Waals surface area contributed by atoms with E-state index in [1.54, 1.807) is 6.92 Å². The van der Waals surface area contributed by atoms with Gasteiger partial charge in [-0.05, 0) is 26.0 Å². The second kappa shape index (κ2) is 5.14. The topological polar surface area (TPSA) is 29.1 Å². The van der Waals surface area contributed by atoms with Crippen molar-refractivity contribution in [2.75, 3.05) is 0 Å². The molecule has 2 atom stereocenters. The molecule has 78 valence electrons. The number of amides is 1. The molecule has 0 aromatic carbocycles. The lowest BCUT2D eigenvalue weighted by atomic mass is 10.2. The highest BCUT2D eigenvalue weighted by atomic mass is 79.9. The quantitative estimate of drug-likeness (QED) is 0.852. The van der Waals surface area contributed by atoms with Crippen molar-refractivity contribution in [3.8, 4) is 0 Å². The Kier molecular flexibility index (Phi) is 4.41. The molecule has 5 heteroatoms. The van der Waals surface area contributed by atoms with Crippen LogP contribution in [0.1, 0.15) is 24.8 Å². The molecular weight excluding hydrogens is 286 g/mol. The molecule has 1 amide bonds. The fourth-order valence-corrected chi connectivity index (χ4v) is 2.16. The Morgan fingerprint density at radius 1 is 1.57 bits per heavy atom. The Labute approximate surface area is 101 Å². The molecule has 0 bridgehead atoms. The van der Waals surface area contributed by atoms with Crippen molar-refractivity contribution in [2.24, 2.45) is 0 Å². The summed E-state index contributed by atoms with van der Waals surface area (Å²) in [6, 6.07) is 3.78. The van der Waals surface area contributed by atoms with E-state index in [2.05, 4.69) is 21.2 Å². The Balaban J connectivity index is 2.59. The van der Waals surface area contributed by atoms with E-state index < -0.39 is 0 Å². The predicted molar refractivity (Wildman–Crippen MR) is 64.3 cm³/mol. The van der Waals surface area contributed by atoms with Gasteiger partial charge in [-0.3, -0.25) is 4.79 Å². The number of carbonyl (C=O) groups excluding carboxylic acids is 1. The zero-order chi connectivity index (χ0) is 10.7. The maximum Gasteiger partial charge on any atom is 0.233 e. The maximum atomic E-state index is 11.3. The highest BCUT2D eigenvalue weighted by Gasteiger charge is 2.14. The average molecular weight is 297 g/mol. The van der Waals surface area contributed by atoms with E-state index in [0.717, 1.165) is 9.21 Å². The normalized spacial score (nSPS) is 14.9. The predicted octanol–water partition coefficient (Wildman–Crippen LogP) is 3.36. The molecule has 1 aromatic rings. The first-order valence-corrected chi connectivity index (χ1v) is 6.31. The summed E-state index contributed by atoms with van der Waals surface area (Å²) >= 11 is 10.5. The van der Waals surface area contributed by atoms with Crippen LogP contribution in [-0.4, -0.2) is 10.7 Å². The summed E-state index contributed by atoms with van der Waals surface area (Å²) in [5.74, 6) is -0.0120. The van der Waals surface area contributed by atoms with Crippen LogP contribution in [-0.2, 0) is 4.79 Å². The molecule has 2 nitrogen and oxygen atoms in total. The van der Waals surface area contributed by atoms with Crippen molar-refractivity contribution in [3.05, 3.63) is 21.3 Å². The number of alkyl halides is 1. The van der Waals surface area contributed by atoms with Crippen molar-refractivity contribution < 1.29 is 4.79 Å². The van der Waals surface area contributed by atoms with Gasteiger partial charge in [-0.15, -0.1) is 11.3 Å². The van der Waals surface area contributed by atoms with Gasteiger partial charge >= 0.3 is 0 Å². The third kappa shape index (κ3) is 3.26. The van der Waals surface area contributed by atoms with Crippen molar-refractivity contribution in [1.29, 1.82) is 0 Å². The van der Waals surface area contributed by atoms with Crippen LogP contribution in [0.15, 0.2) is 12.1 Å². The van der Waals surface area contributed by atoms with Crippen LogP contribution in [0.5, 0.6) is 0 Å². The number of thiophene rings is 1.